The van der Waals surface area contributed by atoms with E-state index in [1.54, 1.807) is 30.1 Å². The molecule has 0 unspecified atom stereocenters. The van der Waals surface area contributed by atoms with Crippen molar-refractivity contribution in [1.82, 2.24) is 4.98 Å². The van der Waals surface area contributed by atoms with Gasteiger partial charge in [0.1, 0.15) is 5.75 Å². The highest BCUT2D eigenvalue weighted by Gasteiger charge is 2.04. The summed E-state index contributed by atoms with van der Waals surface area (Å²) in [6.07, 6.45) is 3.67. The number of pyridine rings is 1. The second-order valence-electron chi connectivity index (χ2n) is 3.40. The molecule has 0 radical (unpaired) electrons. The molecule has 88 valence electrons. The molecule has 0 aliphatic heterocycles. The zero-order valence-corrected chi connectivity index (χ0v) is 10.3. The molecule has 1 heterocycles. The van der Waals surface area contributed by atoms with Crippen LogP contribution in [0.2, 0.25) is 0 Å². The van der Waals surface area contributed by atoms with Crippen LogP contribution in [0.3, 0.4) is 0 Å². The summed E-state index contributed by atoms with van der Waals surface area (Å²) in [4.78, 5) is 5.28. The molecule has 2 aromatic rings. The maximum absolute atomic E-state index is 9.16. The molecule has 3 nitrogen and oxygen atoms in total. The fourth-order valence-corrected chi connectivity index (χ4v) is 1.80. The highest BCUT2D eigenvalue weighted by Crippen LogP contribution is 2.25. The number of thioether (sulfide) groups is 1. The van der Waals surface area contributed by atoms with Crippen LogP contribution in [0.1, 0.15) is 5.56 Å². The number of hydrogen-bond acceptors (Lipinski definition) is 4. The van der Waals surface area contributed by atoms with Gasteiger partial charge in [-0.3, -0.25) is 0 Å². The van der Waals surface area contributed by atoms with Crippen molar-refractivity contribution >= 4 is 11.8 Å². The molecule has 0 saturated heterocycles. The van der Waals surface area contributed by atoms with E-state index in [0.29, 0.717) is 11.4 Å². The number of benzene rings is 1. The van der Waals surface area contributed by atoms with Crippen molar-refractivity contribution in [1.29, 1.82) is 0 Å². The molecule has 0 atom stereocenters. The summed E-state index contributed by atoms with van der Waals surface area (Å²) in [5.74, 6) is 1.17. The predicted molar refractivity (Wildman–Crippen MR) is 68.5 cm³/mol. The van der Waals surface area contributed by atoms with Crippen LogP contribution in [-0.4, -0.2) is 16.3 Å². The first kappa shape index (κ1) is 12.0. The van der Waals surface area contributed by atoms with Crippen LogP contribution in [0, 0.1) is 0 Å². The average molecular weight is 247 g/mol. The third-order valence-electron chi connectivity index (χ3n) is 2.29. The van der Waals surface area contributed by atoms with Gasteiger partial charge in [0.05, 0.1) is 6.61 Å². The molecular weight excluding hydrogens is 234 g/mol. The lowest BCUT2D eigenvalue weighted by atomic mass is 10.3. The third kappa shape index (κ3) is 2.99. The molecule has 0 bridgehead atoms. The lowest BCUT2D eigenvalue weighted by Crippen LogP contribution is -1.94. The number of aliphatic hydroxyl groups is 1. The van der Waals surface area contributed by atoms with Gasteiger partial charge in [0.25, 0.3) is 0 Å². The topological polar surface area (TPSA) is 42.4 Å². The van der Waals surface area contributed by atoms with Crippen LogP contribution in [0.25, 0.3) is 0 Å². The first-order chi connectivity index (χ1) is 8.33. The fourth-order valence-electron chi connectivity index (χ4n) is 1.39. The van der Waals surface area contributed by atoms with Gasteiger partial charge in [-0.05, 0) is 42.7 Å². The number of nitrogens with zero attached hydrogens (tertiary/aromatic N) is 1. The van der Waals surface area contributed by atoms with Crippen LogP contribution >= 0.6 is 11.8 Å². The smallest absolute Gasteiger partial charge is 0.224 e. The molecule has 0 aliphatic rings. The number of rotatable bonds is 4. The molecular formula is C13H13NO2S. The summed E-state index contributed by atoms with van der Waals surface area (Å²) < 4.78 is 5.62. The minimum absolute atomic E-state index is 0.0773. The Hall–Kier alpha value is -1.52. The molecule has 1 aromatic carbocycles. The lowest BCUT2D eigenvalue weighted by molar-refractivity contribution is 0.275. The Bertz CT molecular complexity index is 485. The van der Waals surface area contributed by atoms with E-state index in [1.807, 2.05) is 30.5 Å². The Labute approximate surface area is 104 Å². The molecule has 0 amide bonds. The molecule has 0 saturated carbocycles. The minimum atomic E-state index is -0.0773. The lowest BCUT2D eigenvalue weighted by Gasteiger charge is -2.08. The highest BCUT2D eigenvalue weighted by atomic mass is 32.2. The zero-order chi connectivity index (χ0) is 12.1. The third-order valence-corrected chi connectivity index (χ3v) is 3.04. The van der Waals surface area contributed by atoms with E-state index >= 15 is 0 Å². The summed E-state index contributed by atoms with van der Waals surface area (Å²) in [6, 6.07) is 11.3. The summed E-state index contributed by atoms with van der Waals surface area (Å²) in [6.45, 7) is -0.0773. The van der Waals surface area contributed by atoms with Crippen molar-refractivity contribution in [3.8, 4) is 11.6 Å². The summed E-state index contributed by atoms with van der Waals surface area (Å²) in [5.41, 5.74) is 0.682. The largest absolute Gasteiger partial charge is 0.439 e. The van der Waals surface area contributed by atoms with E-state index in [1.165, 1.54) is 4.90 Å². The van der Waals surface area contributed by atoms with E-state index in [-0.39, 0.29) is 6.61 Å². The first-order valence-corrected chi connectivity index (χ1v) is 6.42. The van der Waals surface area contributed by atoms with E-state index in [9.17, 15) is 0 Å². The van der Waals surface area contributed by atoms with Crippen LogP contribution in [0.4, 0.5) is 0 Å². The maximum atomic E-state index is 9.16. The number of aliphatic hydroxyl groups excluding tert-OH is 1. The van der Waals surface area contributed by atoms with Gasteiger partial charge in [-0.2, -0.15) is 0 Å². The Morgan fingerprint density at radius 3 is 2.65 bits per heavy atom. The molecule has 17 heavy (non-hydrogen) atoms. The van der Waals surface area contributed by atoms with Crippen molar-refractivity contribution in [3.63, 3.8) is 0 Å². The molecule has 0 fully saturated rings. The quantitative estimate of drug-likeness (QED) is 0.843. The SMILES string of the molecule is CSc1ccc(Oc2ncccc2CO)cc1. The average Bonchev–Trinajstić information content (AvgIpc) is 2.40. The van der Waals surface area contributed by atoms with Crippen molar-refractivity contribution < 1.29 is 9.84 Å². The van der Waals surface area contributed by atoms with E-state index in [4.69, 9.17) is 9.84 Å². The standard InChI is InChI=1S/C13H13NO2S/c1-17-12-6-4-11(5-7-12)16-13-10(9-15)3-2-8-14-13/h2-8,15H,9H2,1H3. The maximum Gasteiger partial charge on any atom is 0.224 e. The van der Waals surface area contributed by atoms with Crippen molar-refractivity contribution in [2.45, 2.75) is 11.5 Å². The minimum Gasteiger partial charge on any atom is -0.439 e. The van der Waals surface area contributed by atoms with Gasteiger partial charge in [0, 0.05) is 16.7 Å². The van der Waals surface area contributed by atoms with Crippen LogP contribution in [0.5, 0.6) is 11.6 Å². The van der Waals surface area contributed by atoms with Crippen molar-refractivity contribution in [2.75, 3.05) is 6.26 Å². The molecule has 1 aromatic heterocycles. The number of ether oxygens (including phenoxy) is 1. The van der Waals surface area contributed by atoms with Crippen molar-refractivity contribution in [3.05, 3.63) is 48.2 Å². The zero-order valence-electron chi connectivity index (χ0n) is 9.46. The number of aromatic nitrogens is 1. The van der Waals surface area contributed by atoms with Crippen molar-refractivity contribution in [2.24, 2.45) is 0 Å². The second kappa shape index (κ2) is 5.70. The fraction of sp³-hybridized carbons (Fsp3) is 0.154. The second-order valence-corrected chi connectivity index (χ2v) is 4.28. The normalized spacial score (nSPS) is 10.2. The van der Waals surface area contributed by atoms with Gasteiger partial charge < -0.3 is 9.84 Å². The van der Waals surface area contributed by atoms with Crippen LogP contribution < -0.4 is 4.74 Å². The summed E-state index contributed by atoms with van der Waals surface area (Å²) in [5, 5.41) is 9.16. The Morgan fingerprint density at radius 2 is 2.00 bits per heavy atom. The van der Waals surface area contributed by atoms with Gasteiger partial charge in [-0.1, -0.05) is 0 Å². The van der Waals surface area contributed by atoms with E-state index in [0.717, 1.165) is 5.75 Å². The highest BCUT2D eigenvalue weighted by molar-refractivity contribution is 7.98. The monoisotopic (exact) mass is 247 g/mol. The molecule has 1 N–H and O–H groups in total. The van der Waals surface area contributed by atoms with Gasteiger partial charge in [0.15, 0.2) is 0 Å². The predicted octanol–water partition coefficient (Wildman–Crippen LogP) is 3.09. The number of hydrogen-bond donors (Lipinski definition) is 1. The van der Waals surface area contributed by atoms with Crippen LogP contribution in [0.15, 0.2) is 47.5 Å². The van der Waals surface area contributed by atoms with Gasteiger partial charge in [-0.25, -0.2) is 4.98 Å². The molecule has 0 aliphatic carbocycles. The van der Waals surface area contributed by atoms with Gasteiger partial charge in [0.2, 0.25) is 5.88 Å². The van der Waals surface area contributed by atoms with Gasteiger partial charge >= 0.3 is 0 Å². The molecule has 2 rings (SSSR count). The Morgan fingerprint density at radius 1 is 1.24 bits per heavy atom. The van der Waals surface area contributed by atoms with Gasteiger partial charge in [-0.15, -0.1) is 11.8 Å². The van der Waals surface area contributed by atoms with E-state index < -0.39 is 0 Å². The molecule has 0 spiro atoms. The molecule has 4 heteroatoms. The first-order valence-electron chi connectivity index (χ1n) is 5.20. The Kier molecular flexibility index (Phi) is 4.01. The Balaban J connectivity index is 2.19. The van der Waals surface area contributed by atoms with E-state index in [2.05, 4.69) is 4.98 Å². The van der Waals surface area contributed by atoms with Crippen LogP contribution in [-0.2, 0) is 6.61 Å². The summed E-state index contributed by atoms with van der Waals surface area (Å²) in [7, 11) is 0. The summed E-state index contributed by atoms with van der Waals surface area (Å²) >= 11 is 1.68.